The van der Waals surface area contributed by atoms with E-state index in [0.717, 1.165) is 6.42 Å². The minimum absolute atomic E-state index is 0.591. The number of hydrogen-bond acceptors (Lipinski definition) is 0. The van der Waals surface area contributed by atoms with Crippen LogP contribution in [0.3, 0.4) is 0 Å². The average molecular weight is 170 g/mol. The molecular formula is C13H14. The molecule has 0 fully saturated rings. The molecule has 0 nitrogen and oxygen atoms in total. The molecule has 2 rings (SSSR count). The Labute approximate surface area is 79.6 Å². The van der Waals surface area contributed by atoms with Gasteiger partial charge in [0.1, 0.15) is 0 Å². The van der Waals surface area contributed by atoms with Crippen LogP contribution >= 0.6 is 0 Å². The van der Waals surface area contributed by atoms with E-state index in [4.69, 9.17) is 0 Å². The molecule has 0 amide bonds. The zero-order valence-corrected chi connectivity index (χ0v) is 7.96. The number of allylic oxidation sites excluding steroid dienone is 2. The Morgan fingerprint density at radius 2 is 2.31 bits per heavy atom. The van der Waals surface area contributed by atoms with Crippen LogP contribution in [-0.2, 0) is 6.42 Å². The van der Waals surface area contributed by atoms with E-state index in [0.29, 0.717) is 5.92 Å². The van der Waals surface area contributed by atoms with Gasteiger partial charge in [-0.05, 0) is 29.0 Å². The van der Waals surface area contributed by atoms with Crippen LogP contribution in [0.1, 0.15) is 29.5 Å². The lowest BCUT2D eigenvalue weighted by Gasteiger charge is -2.05. The van der Waals surface area contributed by atoms with Crippen molar-refractivity contribution < 1.29 is 0 Å². The third kappa shape index (κ3) is 1.44. The topological polar surface area (TPSA) is 0 Å². The van der Waals surface area contributed by atoms with Crippen molar-refractivity contribution in [3.63, 3.8) is 0 Å². The minimum atomic E-state index is 0.591. The summed E-state index contributed by atoms with van der Waals surface area (Å²) in [6.45, 7) is 5.98. The van der Waals surface area contributed by atoms with Crippen LogP contribution in [0.2, 0.25) is 0 Å². The van der Waals surface area contributed by atoms with Gasteiger partial charge in [-0.1, -0.05) is 43.4 Å². The molecule has 0 saturated heterocycles. The van der Waals surface area contributed by atoms with Crippen molar-refractivity contribution in [2.45, 2.75) is 19.3 Å². The first-order valence-corrected chi connectivity index (χ1v) is 4.73. The highest BCUT2D eigenvalue weighted by atomic mass is 14.2. The fourth-order valence-electron chi connectivity index (χ4n) is 1.83. The highest BCUT2D eigenvalue weighted by Crippen LogP contribution is 2.30. The van der Waals surface area contributed by atoms with Gasteiger partial charge in [-0.25, -0.2) is 0 Å². The first kappa shape index (κ1) is 8.31. The normalized spacial score (nSPS) is 18.7. The molecule has 13 heavy (non-hydrogen) atoms. The van der Waals surface area contributed by atoms with Gasteiger partial charge in [0.25, 0.3) is 0 Å². The standard InChI is InChI=1S/C13H14/c1-3-4-11-6-8-13-10(2)5-7-12(13)9-11/h3,5-10H,1,4H2,2H3. The number of benzene rings is 1. The maximum absolute atomic E-state index is 3.75. The average Bonchev–Trinajstić information content (AvgIpc) is 2.48. The predicted octanol–water partition coefficient (Wildman–Crippen LogP) is 3.55. The summed E-state index contributed by atoms with van der Waals surface area (Å²) >= 11 is 0. The second kappa shape index (κ2) is 3.21. The Balaban J connectivity index is 2.38. The van der Waals surface area contributed by atoms with Crippen molar-refractivity contribution in [1.82, 2.24) is 0 Å². The van der Waals surface area contributed by atoms with Crippen LogP contribution in [0.4, 0.5) is 0 Å². The molecule has 0 saturated carbocycles. The largest absolute Gasteiger partial charge is 0.103 e. The Morgan fingerprint density at radius 3 is 3.08 bits per heavy atom. The minimum Gasteiger partial charge on any atom is -0.103 e. The second-order valence-electron chi connectivity index (χ2n) is 3.60. The van der Waals surface area contributed by atoms with Crippen LogP contribution in [0.15, 0.2) is 36.9 Å². The molecule has 1 aliphatic carbocycles. The van der Waals surface area contributed by atoms with E-state index >= 15 is 0 Å². The highest BCUT2D eigenvalue weighted by molar-refractivity contribution is 5.63. The summed E-state index contributed by atoms with van der Waals surface area (Å²) in [6.07, 6.45) is 7.38. The van der Waals surface area contributed by atoms with Gasteiger partial charge in [0.15, 0.2) is 0 Å². The Hall–Kier alpha value is -1.30. The Bertz CT molecular complexity index is 358. The molecule has 0 spiro atoms. The van der Waals surface area contributed by atoms with Gasteiger partial charge in [0.2, 0.25) is 0 Å². The number of fused-ring (bicyclic) bond motifs is 1. The van der Waals surface area contributed by atoms with E-state index in [2.05, 4.69) is 43.9 Å². The van der Waals surface area contributed by atoms with Crippen molar-refractivity contribution in [1.29, 1.82) is 0 Å². The summed E-state index contributed by atoms with van der Waals surface area (Å²) in [4.78, 5) is 0. The smallest absolute Gasteiger partial charge is 0.000117 e. The van der Waals surface area contributed by atoms with Crippen molar-refractivity contribution in [2.24, 2.45) is 0 Å². The lowest BCUT2D eigenvalue weighted by molar-refractivity contribution is 0.987. The van der Waals surface area contributed by atoms with Gasteiger partial charge in [0.05, 0.1) is 0 Å². The fraction of sp³-hybridized carbons (Fsp3) is 0.231. The molecule has 66 valence electrons. The molecule has 0 radical (unpaired) electrons. The first-order chi connectivity index (χ1) is 6.31. The van der Waals surface area contributed by atoms with Crippen LogP contribution in [0, 0.1) is 0 Å². The molecule has 0 aliphatic heterocycles. The van der Waals surface area contributed by atoms with E-state index in [1.807, 2.05) is 6.08 Å². The second-order valence-corrected chi connectivity index (χ2v) is 3.60. The van der Waals surface area contributed by atoms with E-state index in [-0.39, 0.29) is 0 Å². The summed E-state index contributed by atoms with van der Waals surface area (Å²) in [6, 6.07) is 6.69. The third-order valence-electron chi connectivity index (χ3n) is 2.59. The van der Waals surface area contributed by atoms with Gasteiger partial charge < -0.3 is 0 Å². The van der Waals surface area contributed by atoms with Crippen molar-refractivity contribution in [3.8, 4) is 0 Å². The van der Waals surface area contributed by atoms with Crippen molar-refractivity contribution in [3.05, 3.63) is 53.6 Å². The molecule has 1 unspecified atom stereocenters. The fourth-order valence-corrected chi connectivity index (χ4v) is 1.83. The van der Waals surface area contributed by atoms with E-state index in [9.17, 15) is 0 Å². The maximum atomic E-state index is 3.75. The summed E-state index contributed by atoms with van der Waals surface area (Å²) < 4.78 is 0. The van der Waals surface area contributed by atoms with E-state index in [1.54, 1.807) is 0 Å². The Morgan fingerprint density at radius 1 is 1.46 bits per heavy atom. The zero-order chi connectivity index (χ0) is 9.26. The van der Waals surface area contributed by atoms with Gasteiger partial charge >= 0.3 is 0 Å². The molecule has 1 aromatic carbocycles. The molecule has 0 bridgehead atoms. The van der Waals surface area contributed by atoms with Gasteiger partial charge in [0, 0.05) is 0 Å². The highest BCUT2D eigenvalue weighted by Gasteiger charge is 2.11. The van der Waals surface area contributed by atoms with Crippen molar-refractivity contribution >= 4 is 6.08 Å². The van der Waals surface area contributed by atoms with Gasteiger partial charge in [-0.3, -0.25) is 0 Å². The molecule has 0 N–H and O–H groups in total. The number of rotatable bonds is 2. The Kier molecular flexibility index (Phi) is 2.05. The summed E-state index contributed by atoms with van der Waals surface area (Å²) in [5.41, 5.74) is 4.19. The molecule has 1 aliphatic rings. The molecule has 1 aromatic rings. The maximum Gasteiger partial charge on any atom is -0.000117 e. The quantitative estimate of drug-likeness (QED) is 0.595. The lowest BCUT2D eigenvalue weighted by atomic mass is 9.99. The monoisotopic (exact) mass is 170 g/mol. The predicted molar refractivity (Wildman–Crippen MR) is 57.8 cm³/mol. The SMILES string of the molecule is C=CCc1ccc2c(c1)C=CC2C. The summed E-state index contributed by atoms with van der Waals surface area (Å²) in [5, 5.41) is 0. The molecular weight excluding hydrogens is 156 g/mol. The lowest BCUT2D eigenvalue weighted by Crippen LogP contribution is -1.89. The van der Waals surface area contributed by atoms with Crippen LogP contribution in [0.25, 0.3) is 6.08 Å². The van der Waals surface area contributed by atoms with Gasteiger partial charge in [-0.15, -0.1) is 6.58 Å². The summed E-state index contributed by atoms with van der Waals surface area (Å²) in [7, 11) is 0. The molecule has 0 heteroatoms. The number of hydrogen-bond donors (Lipinski definition) is 0. The molecule has 0 aromatic heterocycles. The molecule has 0 heterocycles. The molecule has 1 atom stereocenters. The van der Waals surface area contributed by atoms with Crippen LogP contribution in [0.5, 0.6) is 0 Å². The first-order valence-electron chi connectivity index (χ1n) is 4.73. The van der Waals surface area contributed by atoms with E-state index < -0.39 is 0 Å². The zero-order valence-electron chi connectivity index (χ0n) is 7.96. The third-order valence-corrected chi connectivity index (χ3v) is 2.59. The van der Waals surface area contributed by atoms with Crippen LogP contribution < -0.4 is 0 Å². The van der Waals surface area contributed by atoms with Gasteiger partial charge in [-0.2, -0.15) is 0 Å². The van der Waals surface area contributed by atoms with Crippen LogP contribution in [-0.4, -0.2) is 0 Å². The summed E-state index contributed by atoms with van der Waals surface area (Å²) in [5.74, 6) is 0.591. The van der Waals surface area contributed by atoms with E-state index in [1.165, 1.54) is 16.7 Å². The van der Waals surface area contributed by atoms with Crippen molar-refractivity contribution in [2.75, 3.05) is 0 Å².